The minimum atomic E-state index is -4.84. The van der Waals surface area contributed by atoms with Gasteiger partial charge in [0.2, 0.25) is 25.9 Å². The maximum Gasteiger partial charge on any atom is 0.258 e. The number of aromatic nitrogens is 1. The summed E-state index contributed by atoms with van der Waals surface area (Å²) in [5.41, 5.74) is 1.24. The quantitative estimate of drug-likeness (QED) is 0.219. The SMILES string of the molecule is CN(CCN(CC(=O)NO)S(=O)(=O)c1cc(F)c(Oc2ccc(Cl)cc2)c(F)c1)S(=O)(=O)c1cccnc1O. The molecule has 0 radical (unpaired) electrons. The fourth-order valence-corrected chi connectivity index (χ4v) is 5.89. The number of ether oxygens (including phenoxy) is 1. The van der Waals surface area contributed by atoms with Gasteiger partial charge in [-0.1, -0.05) is 11.6 Å². The molecule has 0 fully saturated rings. The Bertz CT molecular complexity index is 1550. The number of hydrogen-bond donors (Lipinski definition) is 3. The summed E-state index contributed by atoms with van der Waals surface area (Å²) in [5, 5.41) is 19.0. The highest BCUT2D eigenvalue weighted by molar-refractivity contribution is 7.89. The van der Waals surface area contributed by atoms with Crippen LogP contribution in [0.15, 0.2) is 64.5 Å². The first kappa shape index (κ1) is 30.1. The molecular weight excluding hydrogens is 586 g/mol. The van der Waals surface area contributed by atoms with Gasteiger partial charge in [0.25, 0.3) is 5.91 Å². The van der Waals surface area contributed by atoms with Crippen LogP contribution < -0.4 is 10.2 Å². The molecule has 0 unspecified atom stereocenters. The molecule has 0 aliphatic rings. The molecule has 3 rings (SSSR count). The predicted octanol–water partition coefficient (Wildman–Crippen LogP) is 2.33. The molecule has 210 valence electrons. The van der Waals surface area contributed by atoms with Crippen molar-refractivity contribution in [2.24, 2.45) is 0 Å². The molecule has 39 heavy (non-hydrogen) atoms. The number of benzene rings is 2. The van der Waals surface area contributed by atoms with Gasteiger partial charge in [-0.15, -0.1) is 0 Å². The normalized spacial score (nSPS) is 12.1. The monoisotopic (exact) mass is 606 g/mol. The Balaban J connectivity index is 1.89. The molecule has 1 aromatic heterocycles. The summed E-state index contributed by atoms with van der Waals surface area (Å²) in [6.07, 6.45) is 1.15. The smallest absolute Gasteiger partial charge is 0.258 e. The largest absolute Gasteiger partial charge is 0.492 e. The van der Waals surface area contributed by atoms with Gasteiger partial charge in [-0.05, 0) is 48.5 Å². The molecule has 0 saturated heterocycles. The van der Waals surface area contributed by atoms with Crippen LogP contribution in [0.25, 0.3) is 0 Å². The maximum absolute atomic E-state index is 14.8. The molecule has 1 heterocycles. The number of sulfonamides is 2. The number of likely N-dealkylation sites (N-methyl/N-ethyl adjacent to an activating group) is 1. The van der Waals surface area contributed by atoms with E-state index in [0.29, 0.717) is 25.8 Å². The van der Waals surface area contributed by atoms with Gasteiger partial charge in [-0.3, -0.25) is 10.0 Å². The van der Waals surface area contributed by atoms with Gasteiger partial charge < -0.3 is 9.84 Å². The molecule has 0 aliphatic carbocycles. The molecule has 0 saturated carbocycles. The van der Waals surface area contributed by atoms with Crippen LogP contribution in [0.3, 0.4) is 0 Å². The molecule has 12 nitrogen and oxygen atoms in total. The summed E-state index contributed by atoms with van der Waals surface area (Å²) in [6.45, 7) is -2.30. The molecule has 2 aromatic carbocycles. The van der Waals surface area contributed by atoms with Crippen molar-refractivity contribution in [3.8, 4) is 17.4 Å². The number of aromatic hydroxyl groups is 1. The van der Waals surface area contributed by atoms with Gasteiger partial charge in [0.05, 0.1) is 11.4 Å². The summed E-state index contributed by atoms with van der Waals surface area (Å²) in [5.74, 6) is -5.67. The number of carbonyl (C=O) groups is 1. The zero-order valence-corrected chi connectivity index (χ0v) is 22.3. The van der Waals surface area contributed by atoms with Crippen molar-refractivity contribution in [1.29, 1.82) is 0 Å². The second kappa shape index (κ2) is 12.2. The number of nitrogens with one attached hydrogen (secondary N) is 1. The highest BCUT2D eigenvalue weighted by Gasteiger charge is 2.31. The Morgan fingerprint density at radius 1 is 1.05 bits per heavy atom. The Morgan fingerprint density at radius 3 is 2.23 bits per heavy atom. The van der Waals surface area contributed by atoms with Crippen molar-refractivity contribution in [3.05, 3.63) is 71.4 Å². The number of halogens is 3. The Kier molecular flexibility index (Phi) is 9.42. The van der Waals surface area contributed by atoms with Gasteiger partial charge in [0, 0.05) is 31.4 Å². The van der Waals surface area contributed by atoms with E-state index in [9.17, 15) is 35.5 Å². The topological polar surface area (TPSA) is 166 Å². The van der Waals surface area contributed by atoms with Crippen molar-refractivity contribution >= 4 is 37.6 Å². The van der Waals surface area contributed by atoms with Crippen LogP contribution in [0.5, 0.6) is 17.4 Å². The van der Waals surface area contributed by atoms with E-state index in [-0.39, 0.29) is 5.75 Å². The fraction of sp³-hybridized carbons (Fsp3) is 0.182. The van der Waals surface area contributed by atoms with Crippen molar-refractivity contribution in [2.75, 3.05) is 26.7 Å². The first-order valence-electron chi connectivity index (χ1n) is 10.7. The number of hydroxylamine groups is 1. The average Bonchev–Trinajstić information content (AvgIpc) is 2.89. The van der Waals surface area contributed by atoms with Crippen LogP contribution in [0.1, 0.15) is 0 Å². The molecule has 0 atom stereocenters. The molecule has 0 bridgehead atoms. The molecule has 17 heteroatoms. The van der Waals surface area contributed by atoms with Gasteiger partial charge in [-0.25, -0.2) is 36.1 Å². The van der Waals surface area contributed by atoms with E-state index in [1.807, 2.05) is 0 Å². The second-order valence-corrected chi connectivity index (χ2v) is 12.2. The molecular formula is C22H21ClF2N4O8S2. The van der Waals surface area contributed by atoms with E-state index in [4.69, 9.17) is 21.5 Å². The third kappa shape index (κ3) is 6.97. The lowest BCUT2D eigenvalue weighted by Crippen LogP contribution is -2.44. The highest BCUT2D eigenvalue weighted by Crippen LogP contribution is 2.31. The summed E-state index contributed by atoms with van der Waals surface area (Å²) in [6, 6.07) is 8.72. The first-order valence-corrected chi connectivity index (χ1v) is 14.0. The van der Waals surface area contributed by atoms with Crippen LogP contribution in [-0.4, -0.2) is 73.3 Å². The zero-order valence-electron chi connectivity index (χ0n) is 20.0. The maximum atomic E-state index is 14.8. The minimum Gasteiger partial charge on any atom is -0.492 e. The Morgan fingerprint density at radius 2 is 1.67 bits per heavy atom. The van der Waals surface area contributed by atoms with Gasteiger partial charge in [0.15, 0.2) is 17.4 Å². The second-order valence-electron chi connectivity index (χ2n) is 7.80. The highest BCUT2D eigenvalue weighted by atomic mass is 35.5. The summed E-state index contributed by atoms with van der Waals surface area (Å²) in [4.78, 5) is 13.8. The van der Waals surface area contributed by atoms with Gasteiger partial charge >= 0.3 is 0 Å². The van der Waals surface area contributed by atoms with E-state index < -0.39 is 78.6 Å². The molecule has 0 spiro atoms. The molecule has 3 N–H and O–H groups in total. The van der Waals surface area contributed by atoms with E-state index in [0.717, 1.165) is 19.3 Å². The summed E-state index contributed by atoms with van der Waals surface area (Å²) < 4.78 is 87.8. The number of pyridine rings is 1. The first-order chi connectivity index (χ1) is 18.3. The molecule has 3 aromatic rings. The lowest BCUT2D eigenvalue weighted by atomic mass is 10.3. The van der Waals surface area contributed by atoms with E-state index in [1.54, 1.807) is 0 Å². The van der Waals surface area contributed by atoms with Crippen molar-refractivity contribution < 1.29 is 45.5 Å². The van der Waals surface area contributed by atoms with Gasteiger partial charge in [-0.2, -0.15) is 8.61 Å². The lowest BCUT2D eigenvalue weighted by molar-refractivity contribution is -0.129. The van der Waals surface area contributed by atoms with E-state index in [2.05, 4.69) is 4.98 Å². The average molecular weight is 607 g/mol. The van der Waals surface area contributed by atoms with Crippen LogP contribution in [0.2, 0.25) is 5.02 Å². The standard InChI is InChI=1S/C22H21ClF2N4O8S2/c1-28(39(35,36)19-3-2-8-26-22(19)31)9-10-29(13-20(30)27-32)38(33,34)16-11-17(24)21(18(25)12-16)37-15-6-4-14(23)5-7-15/h2-8,11-12,32H,9-10,13H2,1H3,(H,26,31)(H,27,30). The van der Waals surface area contributed by atoms with E-state index in [1.165, 1.54) is 35.8 Å². The third-order valence-corrected chi connectivity index (χ3v) is 9.14. The van der Waals surface area contributed by atoms with Gasteiger partial charge in [0.1, 0.15) is 10.6 Å². The van der Waals surface area contributed by atoms with Crippen molar-refractivity contribution in [1.82, 2.24) is 19.1 Å². The Hall–Kier alpha value is -3.41. The minimum absolute atomic E-state index is 0.0120. The molecule has 1 amide bonds. The van der Waals surface area contributed by atoms with Crippen LogP contribution in [-0.2, 0) is 24.8 Å². The van der Waals surface area contributed by atoms with Crippen molar-refractivity contribution in [2.45, 2.75) is 9.79 Å². The van der Waals surface area contributed by atoms with Crippen LogP contribution in [0, 0.1) is 11.6 Å². The third-order valence-electron chi connectivity index (χ3n) is 5.19. The van der Waals surface area contributed by atoms with Crippen LogP contribution in [0.4, 0.5) is 8.78 Å². The number of nitrogens with zero attached hydrogens (tertiary/aromatic N) is 3. The Labute approximate surface area is 227 Å². The number of rotatable bonds is 11. The van der Waals surface area contributed by atoms with Crippen molar-refractivity contribution in [3.63, 3.8) is 0 Å². The fourth-order valence-electron chi connectivity index (χ4n) is 3.16. The van der Waals surface area contributed by atoms with E-state index >= 15 is 0 Å². The number of amides is 1. The predicted molar refractivity (Wildman–Crippen MR) is 132 cm³/mol. The summed E-state index contributed by atoms with van der Waals surface area (Å²) in [7, 11) is -8.12. The summed E-state index contributed by atoms with van der Waals surface area (Å²) >= 11 is 5.76. The number of hydrogen-bond acceptors (Lipinski definition) is 9. The lowest BCUT2D eigenvalue weighted by Gasteiger charge is -2.24. The van der Waals surface area contributed by atoms with Crippen LogP contribution >= 0.6 is 11.6 Å². The number of carbonyl (C=O) groups excluding carboxylic acids is 1. The zero-order chi connectivity index (χ0) is 29.0. The molecule has 0 aliphatic heterocycles.